The third-order valence-electron chi connectivity index (χ3n) is 4.07. The maximum atomic E-state index is 13.0. The quantitative estimate of drug-likeness (QED) is 0.454. The summed E-state index contributed by atoms with van der Waals surface area (Å²) in [4.78, 5) is 16.3. The van der Waals surface area contributed by atoms with Crippen LogP contribution in [-0.2, 0) is 0 Å². The van der Waals surface area contributed by atoms with Gasteiger partial charge in [0, 0.05) is 28.4 Å². The molecule has 1 aromatic carbocycles. The lowest BCUT2D eigenvalue weighted by Gasteiger charge is -2.09. The van der Waals surface area contributed by atoms with E-state index in [9.17, 15) is 4.79 Å². The molecule has 0 bridgehead atoms. The summed E-state index contributed by atoms with van der Waals surface area (Å²) >= 11 is 1.43. The number of Topliss-reactive ketones (excluding diaryl/α,β-unsaturated/α-hetero) is 1. The van der Waals surface area contributed by atoms with E-state index in [1.807, 2.05) is 66.9 Å². The molecular formula is C18H16N4OS. The Kier molecular flexibility index (Phi) is 3.61. The maximum Gasteiger partial charge on any atom is 0.196 e. The second-order valence-corrected chi connectivity index (χ2v) is 7.01. The first kappa shape index (κ1) is 15.0. The normalized spacial score (nSPS) is 12.8. The van der Waals surface area contributed by atoms with Crippen molar-refractivity contribution in [3.05, 3.63) is 59.9 Å². The Labute approximate surface area is 143 Å². The van der Waals surface area contributed by atoms with Gasteiger partial charge < -0.3 is 4.98 Å². The predicted octanol–water partition coefficient (Wildman–Crippen LogP) is 3.88. The molecule has 0 aliphatic carbocycles. The second kappa shape index (κ2) is 5.79. The zero-order valence-electron chi connectivity index (χ0n) is 13.4. The van der Waals surface area contributed by atoms with Crippen LogP contribution >= 0.6 is 11.8 Å². The van der Waals surface area contributed by atoms with E-state index in [4.69, 9.17) is 0 Å². The molecule has 0 saturated heterocycles. The van der Waals surface area contributed by atoms with Gasteiger partial charge in [0.25, 0.3) is 0 Å². The molecule has 0 spiro atoms. The minimum atomic E-state index is -0.254. The van der Waals surface area contributed by atoms with Crippen molar-refractivity contribution in [2.24, 2.45) is 0 Å². The molecule has 0 saturated carbocycles. The van der Waals surface area contributed by atoms with Crippen molar-refractivity contribution in [3.8, 4) is 0 Å². The molecule has 0 amide bonds. The molecule has 120 valence electrons. The molecule has 24 heavy (non-hydrogen) atoms. The molecular weight excluding hydrogens is 320 g/mol. The molecule has 4 rings (SSSR count). The molecule has 1 atom stereocenters. The van der Waals surface area contributed by atoms with Crippen LogP contribution in [0.2, 0.25) is 0 Å². The van der Waals surface area contributed by atoms with Crippen LogP contribution in [0.1, 0.15) is 23.0 Å². The number of thioether (sulfide) groups is 1. The molecule has 0 aliphatic heterocycles. The monoisotopic (exact) mass is 336 g/mol. The minimum Gasteiger partial charge on any atom is -0.358 e. The molecule has 4 aromatic rings. The van der Waals surface area contributed by atoms with Gasteiger partial charge in [-0.2, -0.15) is 0 Å². The van der Waals surface area contributed by atoms with Gasteiger partial charge in [0.1, 0.15) is 0 Å². The number of hydrogen-bond acceptors (Lipinski definition) is 4. The van der Waals surface area contributed by atoms with Crippen LogP contribution in [0.25, 0.3) is 16.6 Å². The van der Waals surface area contributed by atoms with E-state index in [2.05, 4.69) is 15.2 Å². The number of pyridine rings is 1. The van der Waals surface area contributed by atoms with E-state index < -0.39 is 0 Å². The largest absolute Gasteiger partial charge is 0.358 e. The number of aryl methyl sites for hydroxylation is 1. The third kappa shape index (κ3) is 2.39. The van der Waals surface area contributed by atoms with Crippen LogP contribution in [0, 0.1) is 6.92 Å². The molecule has 3 aromatic heterocycles. The van der Waals surface area contributed by atoms with Crippen LogP contribution < -0.4 is 0 Å². The van der Waals surface area contributed by atoms with Crippen LogP contribution in [0.15, 0.2) is 53.8 Å². The van der Waals surface area contributed by atoms with Gasteiger partial charge in [-0.25, -0.2) is 0 Å². The number of carbonyl (C=O) groups excluding carboxylic acids is 1. The lowest BCUT2D eigenvalue weighted by molar-refractivity contribution is 0.0995. The fraction of sp³-hybridized carbons (Fsp3) is 0.167. The standard InChI is InChI=1S/C18H16N4OS/c1-11-16(13-7-3-4-8-14(13)19-11)17(23)12(2)24-18-21-20-15-9-5-6-10-22(15)18/h3-10,12,19H,1-2H3/t12-/m1/s1. The van der Waals surface area contributed by atoms with Gasteiger partial charge in [-0.15, -0.1) is 10.2 Å². The summed E-state index contributed by atoms with van der Waals surface area (Å²) in [5.74, 6) is 0.0997. The van der Waals surface area contributed by atoms with E-state index in [0.717, 1.165) is 33.0 Å². The minimum absolute atomic E-state index is 0.0997. The molecule has 5 nitrogen and oxygen atoms in total. The first-order valence-electron chi connectivity index (χ1n) is 7.73. The number of carbonyl (C=O) groups is 1. The summed E-state index contributed by atoms with van der Waals surface area (Å²) in [6.07, 6.45) is 1.91. The SMILES string of the molecule is Cc1[nH]c2ccccc2c1C(=O)[C@@H](C)Sc1nnc2ccccn12. The maximum absolute atomic E-state index is 13.0. The lowest BCUT2D eigenvalue weighted by atomic mass is 10.1. The van der Waals surface area contributed by atoms with Gasteiger partial charge in [-0.05, 0) is 32.0 Å². The van der Waals surface area contributed by atoms with E-state index in [0.29, 0.717) is 0 Å². The summed E-state index contributed by atoms with van der Waals surface area (Å²) in [5.41, 5.74) is 3.44. The van der Waals surface area contributed by atoms with E-state index in [1.54, 1.807) is 0 Å². The van der Waals surface area contributed by atoms with Crippen molar-refractivity contribution in [3.63, 3.8) is 0 Å². The van der Waals surface area contributed by atoms with E-state index in [1.165, 1.54) is 11.8 Å². The summed E-state index contributed by atoms with van der Waals surface area (Å²) in [6.45, 7) is 3.86. The number of nitrogens with one attached hydrogen (secondary N) is 1. The van der Waals surface area contributed by atoms with E-state index >= 15 is 0 Å². The zero-order chi connectivity index (χ0) is 16.7. The van der Waals surface area contributed by atoms with Gasteiger partial charge in [-0.1, -0.05) is 36.0 Å². The summed E-state index contributed by atoms with van der Waals surface area (Å²) < 4.78 is 1.90. The highest BCUT2D eigenvalue weighted by Gasteiger charge is 2.23. The summed E-state index contributed by atoms with van der Waals surface area (Å²) in [5, 5.41) is 9.78. The van der Waals surface area contributed by atoms with Crippen molar-refractivity contribution in [1.29, 1.82) is 0 Å². The Balaban J connectivity index is 1.67. The van der Waals surface area contributed by atoms with Gasteiger partial charge in [0.05, 0.1) is 5.25 Å². The first-order valence-corrected chi connectivity index (χ1v) is 8.61. The molecule has 0 radical (unpaired) electrons. The summed E-state index contributed by atoms with van der Waals surface area (Å²) in [7, 11) is 0. The molecule has 0 fully saturated rings. The van der Waals surface area contributed by atoms with Crippen molar-refractivity contribution < 1.29 is 4.79 Å². The van der Waals surface area contributed by atoms with Crippen molar-refractivity contribution >= 4 is 34.1 Å². The highest BCUT2D eigenvalue weighted by Crippen LogP contribution is 2.29. The number of ketones is 1. The Morgan fingerprint density at radius 3 is 2.83 bits per heavy atom. The number of hydrogen-bond donors (Lipinski definition) is 1. The Morgan fingerprint density at radius 1 is 1.17 bits per heavy atom. The fourth-order valence-corrected chi connectivity index (χ4v) is 3.81. The van der Waals surface area contributed by atoms with Crippen LogP contribution in [0.3, 0.4) is 0 Å². The average molecular weight is 336 g/mol. The second-order valence-electron chi connectivity index (χ2n) is 5.71. The van der Waals surface area contributed by atoms with Crippen molar-refractivity contribution in [2.45, 2.75) is 24.3 Å². The van der Waals surface area contributed by atoms with Crippen molar-refractivity contribution in [2.75, 3.05) is 0 Å². The van der Waals surface area contributed by atoms with Gasteiger partial charge in [0.15, 0.2) is 16.6 Å². The highest BCUT2D eigenvalue weighted by atomic mass is 32.2. The number of nitrogens with zero attached hydrogens (tertiary/aromatic N) is 3. The number of rotatable bonds is 4. The third-order valence-corrected chi connectivity index (χ3v) is 5.13. The fourth-order valence-electron chi connectivity index (χ4n) is 2.91. The lowest BCUT2D eigenvalue weighted by Crippen LogP contribution is -2.15. The number of aromatic nitrogens is 4. The number of H-pyrrole nitrogens is 1. The topological polar surface area (TPSA) is 63.0 Å². The first-order chi connectivity index (χ1) is 11.6. The average Bonchev–Trinajstić information content (AvgIpc) is 3.14. The molecule has 0 unspecified atom stereocenters. The van der Waals surface area contributed by atoms with Crippen molar-refractivity contribution in [1.82, 2.24) is 19.6 Å². The number of benzene rings is 1. The molecule has 1 N–H and O–H groups in total. The van der Waals surface area contributed by atoms with Crippen LogP contribution in [-0.4, -0.2) is 30.6 Å². The van der Waals surface area contributed by atoms with Crippen LogP contribution in [0.4, 0.5) is 0 Å². The zero-order valence-corrected chi connectivity index (χ0v) is 14.2. The number of para-hydroxylation sites is 1. The number of aromatic amines is 1. The number of fused-ring (bicyclic) bond motifs is 2. The Bertz CT molecular complexity index is 1050. The van der Waals surface area contributed by atoms with Crippen LogP contribution in [0.5, 0.6) is 0 Å². The Hall–Kier alpha value is -2.60. The highest BCUT2D eigenvalue weighted by molar-refractivity contribution is 8.00. The molecule has 6 heteroatoms. The molecule has 3 heterocycles. The smallest absolute Gasteiger partial charge is 0.196 e. The summed E-state index contributed by atoms with van der Waals surface area (Å²) in [6, 6.07) is 13.6. The Morgan fingerprint density at radius 2 is 1.96 bits per heavy atom. The van der Waals surface area contributed by atoms with Gasteiger partial charge in [-0.3, -0.25) is 9.20 Å². The predicted molar refractivity (Wildman–Crippen MR) is 95.7 cm³/mol. The van der Waals surface area contributed by atoms with Gasteiger partial charge in [0.2, 0.25) is 0 Å². The van der Waals surface area contributed by atoms with Gasteiger partial charge >= 0.3 is 0 Å². The molecule has 0 aliphatic rings. The van der Waals surface area contributed by atoms with E-state index in [-0.39, 0.29) is 11.0 Å².